The number of carbonyl (C=O) groups excluding carboxylic acids is 1. The molecule has 0 saturated heterocycles. The van der Waals surface area contributed by atoms with Crippen LogP contribution in [0.15, 0.2) is 24.8 Å². The normalized spacial score (nSPS) is 10.0. The van der Waals surface area contributed by atoms with E-state index in [0.29, 0.717) is 0 Å². The number of hydrogen-bond acceptors (Lipinski definition) is 6. The molecular weight excluding hydrogens is 240 g/mol. The van der Waals surface area contributed by atoms with E-state index in [1.165, 1.54) is 24.8 Å². The van der Waals surface area contributed by atoms with Crippen molar-refractivity contribution < 1.29 is 14.7 Å². The summed E-state index contributed by atoms with van der Waals surface area (Å²) < 4.78 is 1.05. The highest BCUT2D eigenvalue weighted by atomic mass is 16.4. The molecule has 0 atom stereocenters. The molecule has 9 heteroatoms. The molecule has 0 spiro atoms. The van der Waals surface area contributed by atoms with E-state index in [-0.39, 0.29) is 18.1 Å². The van der Waals surface area contributed by atoms with Gasteiger partial charge in [0.1, 0.15) is 6.54 Å². The van der Waals surface area contributed by atoms with Crippen LogP contribution in [0.2, 0.25) is 0 Å². The Morgan fingerprint density at radius 1 is 1.39 bits per heavy atom. The molecule has 2 rings (SSSR count). The van der Waals surface area contributed by atoms with E-state index < -0.39 is 11.9 Å². The maximum Gasteiger partial charge on any atom is 0.325 e. The highest BCUT2D eigenvalue weighted by molar-refractivity contribution is 6.01. The Morgan fingerprint density at radius 3 is 2.89 bits per heavy atom. The van der Waals surface area contributed by atoms with E-state index in [1.54, 1.807) is 0 Å². The van der Waals surface area contributed by atoms with Gasteiger partial charge in [-0.3, -0.25) is 14.6 Å². The van der Waals surface area contributed by atoms with Crippen molar-refractivity contribution in [3.05, 3.63) is 30.5 Å². The summed E-state index contributed by atoms with van der Waals surface area (Å²) >= 11 is 0. The van der Waals surface area contributed by atoms with Crippen LogP contribution in [0.5, 0.6) is 0 Å². The zero-order chi connectivity index (χ0) is 13.0. The minimum absolute atomic E-state index is 0.00176. The van der Waals surface area contributed by atoms with Gasteiger partial charge in [0.15, 0.2) is 11.5 Å². The fourth-order valence-electron chi connectivity index (χ4n) is 1.16. The first-order chi connectivity index (χ1) is 8.65. The lowest BCUT2D eigenvalue weighted by Gasteiger charge is -1.99. The van der Waals surface area contributed by atoms with Crippen LogP contribution in [-0.4, -0.2) is 41.9 Å². The second-order valence-corrected chi connectivity index (χ2v) is 3.24. The summed E-state index contributed by atoms with van der Waals surface area (Å²) in [5, 5.41) is 18.1. The molecule has 9 nitrogen and oxygen atoms in total. The standard InChI is InChI=1S/C9H8N6O3/c16-8(17)5-15-4-6(13-14-15)9(18)12-7-3-10-1-2-11-7/h1-4H,5H2,(H,16,17)(H,11,12,18). The first-order valence-corrected chi connectivity index (χ1v) is 4.84. The zero-order valence-electron chi connectivity index (χ0n) is 9.02. The number of nitrogens with zero attached hydrogens (tertiary/aromatic N) is 5. The SMILES string of the molecule is O=C(O)Cn1cc(C(=O)Nc2cnccn2)nn1. The average molecular weight is 248 g/mol. The van der Waals surface area contributed by atoms with E-state index in [9.17, 15) is 9.59 Å². The second kappa shape index (κ2) is 4.99. The van der Waals surface area contributed by atoms with Crippen molar-refractivity contribution in [1.82, 2.24) is 25.0 Å². The maximum atomic E-state index is 11.7. The molecule has 0 aliphatic carbocycles. The van der Waals surface area contributed by atoms with Gasteiger partial charge in [-0.25, -0.2) is 9.67 Å². The molecule has 0 radical (unpaired) electrons. The Hall–Kier alpha value is -2.84. The van der Waals surface area contributed by atoms with Gasteiger partial charge in [-0.2, -0.15) is 0 Å². The first kappa shape index (κ1) is 11.6. The van der Waals surface area contributed by atoms with E-state index in [4.69, 9.17) is 5.11 Å². The van der Waals surface area contributed by atoms with Gasteiger partial charge in [-0.1, -0.05) is 5.21 Å². The highest BCUT2D eigenvalue weighted by Crippen LogP contribution is 2.01. The summed E-state index contributed by atoms with van der Waals surface area (Å²) in [7, 11) is 0. The summed E-state index contributed by atoms with van der Waals surface area (Å²) in [6.45, 7) is -0.356. The Bertz CT molecular complexity index is 567. The minimum Gasteiger partial charge on any atom is -0.480 e. The smallest absolute Gasteiger partial charge is 0.325 e. The van der Waals surface area contributed by atoms with Crippen LogP contribution in [0, 0.1) is 0 Å². The molecule has 0 saturated carbocycles. The maximum absolute atomic E-state index is 11.7. The lowest BCUT2D eigenvalue weighted by atomic mass is 10.4. The van der Waals surface area contributed by atoms with Gasteiger partial charge in [-0.15, -0.1) is 5.10 Å². The van der Waals surface area contributed by atoms with Gasteiger partial charge in [0.25, 0.3) is 5.91 Å². The van der Waals surface area contributed by atoms with Gasteiger partial charge < -0.3 is 10.4 Å². The summed E-state index contributed by atoms with van der Waals surface area (Å²) in [5.41, 5.74) is 0.00176. The molecular formula is C9H8N6O3. The number of rotatable bonds is 4. The quantitative estimate of drug-likeness (QED) is 0.740. The monoisotopic (exact) mass is 248 g/mol. The van der Waals surface area contributed by atoms with Crippen LogP contribution in [-0.2, 0) is 11.3 Å². The molecule has 0 aliphatic heterocycles. The van der Waals surface area contributed by atoms with E-state index in [2.05, 4.69) is 25.6 Å². The molecule has 0 bridgehead atoms. The predicted molar refractivity (Wildman–Crippen MR) is 57.6 cm³/mol. The zero-order valence-corrected chi connectivity index (χ0v) is 9.02. The van der Waals surface area contributed by atoms with Crippen molar-refractivity contribution in [3.8, 4) is 0 Å². The number of aromatic nitrogens is 5. The minimum atomic E-state index is -1.07. The molecule has 0 aromatic carbocycles. The Kier molecular flexibility index (Phi) is 3.23. The lowest BCUT2D eigenvalue weighted by Crippen LogP contribution is -2.13. The molecule has 0 fully saturated rings. The first-order valence-electron chi connectivity index (χ1n) is 4.84. The largest absolute Gasteiger partial charge is 0.480 e. The molecule has 1 amide bonds. The number of nitrogens with one attached hydrogen (secondary N) is 1. The summed E-state index contributed by atoms with van der Waals surface area (Å²) in [6, 6.07) is 0. The fraction of sp³-hybridized carbons (Fsp3) is 0.111. The van der Waals surface area contributed by atoms with Crippen molar-refractivity contribution >= 4 is 17.7 Å². The third kappa shape index (κ3) is 2.84. The van der Waals surface area contributed by atoms with Crippen LogP contribution in [0.25, 0.3) is 0 Å². The van der Waals surface area contributed by atoms with Crippen LogP contribution in [0.1, 0.15) is 10.5 Å². The number of anilines is 1. The number of amides is 1. The fourth-order valence-corrected chi connectivity index (χ4v) is 1.16. The molecule has 2 heterocycles. The molecule has 18 heavy (non-hydrogen) atoms. The third-order valence-electron chi connectivity index (χ3n) is 1.87. The van der Waals surface area contributed by atoms with E-state index >= 15 is 0 Å². The molecule has 2 N–H and O–H groups in total. The van der Waals surface area contributed by atoms with Gasteiger partial charge in [0.2, 0.25) is 0 Å². The van der Waals surface area contributed by atoms with Crippen molar-refractivity contribution in [3.63, 3.8) is 0 Å². The topological polar surface area (TPSA) is 123 Å². The van der Waals surface area contributed by atoms with Gasteiger partial charge >= 0.3 is 5.97 Å². The van der Waals surface area contributed by atoms with Crippen molar-refractivity contribution in [2.45, 2.75) is 6.54 Å². The Balaban J connectivity index is 2.05. The van der Waals surface area contributed by atoms with Crippen LogP contribution < -0.4 is 5.32 Å². The van der Waals surface area contributed by atoms with Gasteiger partial charge in [-0.05, 0) is 0 Å². The summed E-state index contributed by atoms with van der Waals surface area (Å²) in [6.07, 6.45) is 5.51. The van der Waals surface area contributed by atoms with E-state index in [0.717, 1.165) is 4.68 Å². The Labute approximate surface area is 100 Å². The molecule has 92 valence electrons. The van der Waals surface area contributed by atoms with Gasteiger partial charge in [0.05, 0.1) is 12.4 Å². The highest BCUT2D eigenvalue weighted by Gasteiger charge is 2.12. The third-order valence-corrected chi connectivity index (χ3v) is 1.87. The second-order valence-electron chi connectivity index (χ2n) is 3.24. The Morgan fingerprint density at radius 2 is 2.22 bits per heavy atom. The van der Waals surface area contributed by atoms with E-state index in [1.807, 2.05) is 0 Å². The lowest BCUT2D eigenvalue weighted by molar-refractivity contribution is -0.137. The summed E-state index contributed by atoms with van der Waals surface area (Å²) in [5.74, 6) is -1.33. The number of hydrogen-bond donors (Lipinski definition) is 2. The van der Waals surface area contributed by atoms with Gasteiger partial charge in [0, 0.05) is 12.4 Å². The van der Waals surface area contributed by atoms with Crippen LogP contribution in [0.4, 0.5) is 5.82 Å². The number of aliphatic carboxylic acids is 1. The molecule has 0 unspecified atom stereocenters. The van der Waals surface area contributed by atoms with Crippen LogP contribution >= 0.6 is 0 Å². The number of carboxylic acids is 1. The molecule has 2 aromatic rings. The average Bonchev–Trinajstić information content (AvgIpc) is 2.78. The predicted octanol–water partition coefficient (Wildman–Crippen LogP) is -0.595. The molecule has 0 aliphatic rings. The number of carboxylic acid groups (broad SMARTS) is 1. The summed E-state index contributed by atoms with van der Waals surface area (Å²) in [4.78, 5) is 29.7. The number of carbonyl (C=O) groups is 2. The van der Waals surface area contributed by atoms with Crippen molar-refractivity contribution in [1.29, 1.82) is 0 Å². The molecule has 2 aromatic heterocycles. The van der Waals surface area contributed by atoms with Crippen molar-refractivity contribution in [2.75, 3.05) is 5.32 Å². The van der Waals surface area contributed by atoms with Crippen molar-refractivity contribution in [2.24, 2.45) is 0 Å². The van der Waals surface area contributed by atoms with Crippen LogP contribution in [0.3, 0.4) is 0 Å².